The van der Waals surface area contributed by atoms with E-state index in [0.717, 1.165) is 0 Å². The van der Waals surface area contributed by atoms with Crippen molar-refractivity contribution in [1.82, 2.24) is 0 Å². The standard InChI is InChI=1S/C3H4O2/c1-2-3(4)5-2/h4H,1H3. The Morgan fingerprint density at radius 3 is 2.00 bits per heavy atom. The predicted molar refractivity (Wildman–Crippen MR) is 16.4 cm³/mol. The molecule has 0 atom stereocenters. The molecule has 0 aromatic carbocycles. The van der Waals surface area contributed by atoms with Crippen molar-refractivity contribution in [3.8, 4) is 0 Å². The van der Waals surface area contributed by atoms with E-state index in [-0.39, 0.29) is 5.95 Å². The molecule has 0 bridgehead atoms. The maximum absolute atomic E-state index is 8.09. The van der Waals surface area contributed by atoms with E-state index in [1.165, 1.54) is 0 Å². The van der Waals surface area contributed by atoms with Crippen LogP contribution in [0.3, 0.4) is 0 Å². The molecule has 0 aromatic rings. The summed E-state index contributed by atoms with van der Waals surface area (Å²) in [4.78, 5) is 0. The molecule has 0 aromatic heterocycles. The molecule has 0 unspecified atom stereocenters. The van der Waals surface area contributed by atoms with Gasteiger partial charge in [-0.15, -0.1) is 0 Å². The molecule has 0 saturated carbocycles. The van der Waals surface area contributed by atoms with Gasteiger partial charge in [-0.25, -0.2) is 0 Å². The van der Waals surface area contributed by atoms with Gasteiger partial charge in [0.15, 0.2) is 5.76 Å². The summed E-state index contributed by atoms with van der Waals surface area (Å²) in [5, 5.41) is 8.09. The Hall–Kier alpha value is -0.660. The van der Waals surface area contributed by atoms with E-state index < -0.39 is 0 Å². The number of aliphatic hydroxyl groups is 1. The highest BCUT2D eigenvalue weighted by molar-refractivity contribution is 5.04. The Balaban J connectivity index is 2.59. The largest absolute Gasteiger partial charge is 0.478 e. The van der Waals surface area contributed by atoms with E-state index in [2.05, 4.69) is 4.74 Å². The smallest absolute Gasteiger partial charge is 0.322 e. The molecule has 2 heteroatoms. The fraction of sp³-hybridized carbons (Fsp3) is 0.333. The SMILES string of the molecule is CC1=C(O)O1. The summed E-state index contributed by atoms with van der Waals surface area (Å²) in [5.74, 6) is 0.731. The van der Waals surface area contributed by atoms with Crippen LogP contribution >= 0.6 is 0 Å². The fourth-order valence-electron chi connectivity index (χ4n) is 0.119. The number of allylic oxidation sites excluding steroid dienone is 1. The van der Waals surface area contributed by atoms with Gasteiger partial charge in [-0.2, -0.15) is 0 Å². The summed E-state index contributed by atoms with van der Waals surface area (Å²) >= 11 is 0. The zero-order chi connectivity index (χ0) is 3.86. The monoisotopic (exact) mass is 72.0 g/mol. The van der Waals surface area contributed by atoms with Crippen molar-refractivity contribution in [1.29, 1.82) is 0 Å². The first-order chi connectivity index (χ1) is 2.30. The van der Waals surface area contributed by atoms with Gasteiger partial charge in [-0.1, -0.05) is 0 Å². The van der Waals surface area contributed by atoms with Crippen molar-refractivity contribution in [3.63, 3.8) is 0 Å². The van der Waals surface area contributed by atoms with Crippen LogP contribution in [0.15, 0.2) is 11.7 Å². The van der Waals surface area contributed by atoms with Gasteiger partial charge in [0.1, 0.15) is 0 Å². The topological polar surface area (TPSA) is 32.8 Å². The molecule has 1 rings (SSSR count). The molecule has 0 aliphatic carbocycles. The average molecular weight is 72.1 g/mol. The van der Waals surface area contributed by atoms with Crippen LogP contribution in [0, 0.1) is 0 Å². The van der Waals surface area contributed by atoms with Crippen molar-refractivity contribution in [2.75, 3.05) is 0 Å². The lowest BCUT2D eigenvalue weighted by atomic mass is 10.7. The Bertz CT molecular complexity index is 72.9. The first-order valence-corrected chi connectivity index (χ1v) is 1.38. The van der Waals surface area contributed by atoms with Crippen molar-refractivity contribution in [2.24, 2.45) is 0 Å². The normalized spacial score (nSPS) is 18.6. The second-order valence-electron chi connectivity index (χ2n) is 0.963. The van der Waals surface area contributed by atoms with Gasteiger partial charge in [0.05, 0.1) is 0 Å². The number of hydrogen-bond donors (Lipinski definition) is 1. The summed E-state index contributed by atoms with van der Waals surface area (Å²) in [6, 6.07) is 0. The Kier molecular flexibility index (Phi) is 0.234. The second kappa shape index (κ2) is 0.455. The Morgan fingerprint density at radius 2 is 2.00 bits per heavy atom. The first-order valence-electron chi connectivity index (χ1n) is 1.38. The van der Waals surface area contributed by atoms with E-state index in [1.807, 2.05) is 0 Å². The van der Waals surface area contributed by atoms with Gasteiger partial charge in [0.2, 0.25) is 0 Å². The quantitative estimate of drug-likeness (QED) is 0.458. The van der Waals surface area contributed by atoms with Crippen LogP contribution < -0.4 is 0 Å². The van der Waals surface area contributed by atoms with Crippen molar-refractivity contribution < 1.29 is 9.84 Å². The molecule has 0 spiro atoms. The molecule has 1 aliphatic heterocycles. The number of ether oxygens (including phenoxy) is 1. The van der Waals surface area contributed by atoms with Crippen LogP contribution in [-0.2, 0) is 4.74 Å². The minimum atomic E-state index is 0.0880. The molecular weight excluding hydrogens is 68.0 g/mol. The molecule has 0 radical (unpaired) electrons. The highest BCUT2D eigenvalue weighted by Crippen LogP contribution is 2.19. The van der Waals surface area contributed by atoms with E-state index in [1.54, 1.807) is 6.92 Å². The molecule has 1 aliphatic rings. The minimum absolute atomic E-state index is 0.0880. The number of hydrogen-bond acceptors (Lipinski definition) is 2. The molecule has 1 heterocycles. The van der Waals surface area contributed by atoms with Gasteiger partial charge >= 0.3 is 5.95 Å². The summed E-state index contributed by atoms with van der Waals surface area (Å²) in [7, 11) is 0. The Labute approximate surface area is 29.7 Å². The molecule has 0 amide bonds. The third-order valence-corrected chi connectivity index (χ3v) is 0.509. The minimum Gasteiger partial charge on any atom is -0.478 e. The van der Waals surface area contributed by atoms with Gasteiger partial charge in [-0.3, -0.25) is 0 Å². The van der Waals surface area contributed by atoms with Crippen molar-refractivity contribution >= 4 is 0 Å². The van der Waals surface area contributed by atoms with E-state index in [9.17, 15) is 0 Å². The van der Waals surface area contributed by atoms with E-state index in [4.69, 9.17) is 5.11 Å². The highest BCUT2D eigenvalue weighted by atomic mass is 16.7. The van der Waals surface area contributed by atoms with Crippen LogP contribution in [0.25, 0.3) is 0 Å². The molecular formula is C3H4O2. The van der Waals surface area contributed by atoms with E-state index >= 15 is 0 Å². The average Bonchev–Trinajstić information content (AvgIpc) is 1.79. The van der Waals surface area contributed by atoms with Gasteiger partial charge < -0.3 is 9.84 Å². The molecule has 0 saturated heterocycles. The number of aliphatic hydroxyl groups excluding tert-OH is 1. The molecule has 0 fully saturated rings. The predicted octanol–water partition coefficient (Wildman–Crippen LogP) is 0.764. The maximum Gasteiger partial charge on any atom is 0.322 e. The molecule has 28 valence electrons. The molecule has 5 heavy (non-hydrogen) atoms. The Morgan fingerprint density at radius 1 is 1.80 bits per heavy atom. The van der Waals surface area contributed by atoms with Crippen LogP contribution in [-0.4, -0.2) is 5.11 Å². The summed E-state index contributed by atoms with van der Waals surface area (Å²) in [6.45, 7) is 1.70. The molecule has 1 N–H and O–H groups in total. The second-order valence-corrected chi connectivity index (χ2v) is 0.963. The van der Waals surface area contributed by atoms with Gasteiger partial charge in [0.25, 0.3) is 0 Å². The lowest BCUT2D eigenvalue weighted by Gasteiger charge is -1.57. The molecule has 2 nitrogen and oxygen atoms in total. The zero-order valence-electron chi connectivity index (χ0n) is 2.86. The van der Waals surface area contributed by atoms with Crippen LogP contribution in [0.4, 0.5) is 0 Å². The summed E-state index contributed by atoms with van der Waals surface area (Å²) in [5.41, 5.74) is 0. The van der Waals surface area contributed by atoms with Crippen LogP contribution in [0.5, 0.6) is 0 Å². The maximum atomic E-state index is 8.09. The fourth-order valence-corrected chi connectivity index (χ4v) is 0.119. The summed E-state index contributed by atoms with van der Waals surface area (Å²) < 4.78 is 4.31. The van der Waals surface area contributed by atoms with Gasteiger partial charge in [0, 0.05) is 6.92 Å². The van der Waals surface area contributed by atoms with Crippen LogP contribution in [0.1, 0.15) is 6.92 Å². The zero-order valence-corrected chi connectivity index (χ0v) is 2.86. The van der Waals surface area contributed by atoms with Crippen molar-refractivity contribution in [3.05, 3.63) is 11.7 Å². The van der Waals surface area contributed by atoms with E-state index in [0.29, 0.717) is 5.76 Å². The lowest BCUT2D eigenvalue weighted by Crippen LogP contribution is -1.44. The third-order valence-electron chi connectivity index (χ3n) is 0.509. The van der Waals surface area contributed by atoms with Crippen LogP contribution in [0.2, 0.25) is 0 Å². The third kappa shape index (κ3) is 0.210. The highest BCUT2D eigenvalue weighted by Gasteiger charge is 2.16. The first kappa shape index (κ1) is 2.57. The lowest BCUT2D eigenvalue weighted by molar-refractivity contribution is 0.276. The summed E-state index contributed by atoms with van der Waals surface area (Å²) in [6.07, 6.45) is 0. The number of rotatable bonds is 0. The van der Waals surface area contributed by atoms with Gasteiger partial charge in [-0.05, 0) is 0 Å². The van der Waals surface area contributed by atoms with Crippen molar-refractivity contribution in [2.45, 2.75) is 6.92 Å².